The van der Waals surface area contributed by atoms with Crippen LogP contribution in [0.2, 0.25) is 0 Å². The quantitative estimate of drug-likeness (QED) is 0.820. The summed E-state index contributed by atoms with van der Waals surface area (Å²) in [7, 11) is 0. The number of esters is 1. The number of aryl methyl sites for hydroxylation is 1. The predicted molar refractivity (Wildman–Crippen MR) is 67.9 cm³/mol. The molecular formula is C14H19NO3. The standard InChI is InChI=1S/C14H19NO3/c1-5-18-13(17)12-9-6-14(3,4)7-10(16)11(9)8(2)15-12/h15H,5-7H2,1-4H3. The predicted octanol–water partition coefficient (Wildman–Crippen LogP) is 2.65. The van der Waals surface area contributed by atoms with Gasteiger partial charge < -0.3 is 9.72 Å². The third-order valence-electron chi connectivity index (χ3n) is 3.34. The minimum Gasteiger partial charge on any atom is -0.461 e. The molecule has 0 fully saturated rings. The molecule has 2 rings (SSSR count). The van der Waals surface area contributed by atoms with E-state index in [0.29, 0.717) is 24.3 Å². The van der Waals surface area contributed by atoms with Crippen molar-refractivity contribution in [1.82, 2.24) is 4.98 Å². The molecule has 1 N–H and O–H groups in total. The first kappa shape index (κ1) is 12.9. The van der Waals surface area contributed by atoms with Crippen molar-refractivity contribution in [1.29, 1.82) is 0 Å². The number of hydrogen-bond donors (Lipinski definition) is 1. The highest BCUT2D eigenvalue weighted by Crippen LogP contribution is 2.37. The van der Waals surface area contributed by atoms with E-state index in [4.69, 9.17) is 4.74 Å². The van der Waals surface area contributed by atoms with Crippen LogP contribution in [0, 0.1) is 12.3 Å². The molecule has 0 radical (unpaired) electrons. The maximum Gasteiger partial charge on any atom is 0.355 e. The van der Waals surface area contributed by atoms with Crippen molar-refractivity contribution >= 4 is 11.8 Å². The molecule has 1 aromatic heterocycles. The molecule has 0 amide bonds. The van der Waals surface area contributed by atoms with E-state index < -0.39 is 0 Å². The van der Waals surface area contributed by atoms with Crippen molar-refractivity contribution in [3.05, 3.63) is 22.5 Å². The van der Waals surface area contributed by atoms with E-state index in [9.17, 15) is 9.59 Å². The van der Waals surface area contributed by atoms with Crippen LogP contribution in [0.3, 0.4) is 0 Å². The Bertz CT molecular complexity index is 511. The van der Waals surface area contributed by atoms with Crippen molar-refractivity contribution in [2.75, 3.05) is 6.61 Å². The first-order valence-corrected chi connectivity index (χ1v) is 6.27. The fourth-order valence-electron chi connectivity index (χ4n) is 2.67. The van der Waals surface area contributed by atoms with E-state index in [-0.39, 0.29) is 17.2 Å². The van der Waals surface area contributed by atoms with Crippen molar-refractivity contribution in [3.63, 3.8) is 0 Å². The molecule has 0 unspecified atom stereocenters. The maximum absolute atomic E-state index is 12.1. The molecule has 1 aliphatic rings. The van der Waals surface area contributed by atoms with Crippen molar-refractivity contribution in [3.8, 4) is 0 Å². The molecule has 4 heteroatoms. The Morgan fingerprint density at radius 3 is 2.67 bits per heavy atom. The van der Waals surface area contributed by atoms with Crippen LogP contribution in [0.1, 0.15) is 59.3 Å². The van der Waals surface area contributed by atoms with Gasteiger partial charge in [-0.1, -0.05) is 13.8 Å². The van der Waals surface area contributed by atoms with Gasteiger partial charge >= 0.3 is 5.97 Å². The molecule has 4 nitrogen and oxygen atoms in total. The highest BCUT2D eigenvalue weighted by Gasteiger charge is 2.36. The molecule has 98 valence electrons. The fraction of sp³-hybridized carbons (Fsp3) is 0.571. The number of aromatic nitrogens is 1. The second-order valence-corrected chi connectivity index (χ2v) is 5.64. The Labute approximate surface area is 107 Å². The van der Waals surface area contributed by atoms with Crippen LogP contribution < -0.4 is 0 Å². The van der Waals surface area contributed by atoms with E-state index in [0.717, 1.165) is 17.7 Å². The van der Waals surface area contributed by atoms with Gasteiger partial charge in [0.15, 0.2) is 5.78 Å². The number of carbonyl (C=O) groups excluding carboxylic acids is 2. The van der Waals surface area contributed by atoms with Crippen LogP contribution in [0.5, 0.6) is 0 Å². The first-order chi connectivity index (χ1) is 8.35. The van der Waals surface area contributed by atoms with Gasteiger partial charge in [-0.3, -0.25) is 4.79 Å². The van der Waals surface area contributed by atoms with Gasteiger partial charge in [0.25, 0.3) is 0 Å². The zero-order chi connectivity index (χ0) is 13.5. The largest absolute Gasteiger partial charge is 0.461 e. The summed E-state index contributed by atoms with van der Waals surface area (Å²) >= 11 is 0. The zero-order valence-electron chi connectivity index (χ0n) is 11.3. The Morgan fingerprint density at radius 2 is 2.06 bits per heavy atom. The van der Waals surface area contributed by atoms with E-state index in [2.05, 4.69) is 4.98 Å². The third kappa shape index (κ3) is 2.07. The lowest BCUT2D eigenvalue weighted by molar-refractivity contribution is 0.0518. The van der Waals surface area contributed by atoms with Gasteiger partial charge in [-0.25, -0.2) is 4.79 Å². The highest BCUT2D eigenvalue weighted by molar-refractivity contribution is 6.03. The lowest BCUT2D eigenvalue weighted by Gasteiger charge is -2.29. The van der Waals surface area contributed by atoms with Crippen LogP contribution in [0.4, 0.5) is 0 Å². The molecule has 0 saturated heterocycles. The summed E-state index contributed by atoms with van der Waals surface area (Å²) in [5, 5.41) is 0. The lowest BCUT2D eigenvalue weighted by atomic mass is 9.74. The van der Waals surface area contributed by atoms with Gasteiger partial charge in [-0.05, 0) is 31.2 Å². The summed E-state index contributed by atoms with van der Waals surface area (Å²) < 4.78 is 5.03. The minimum absolute atomic E-state index is 0.0973. The molecule has 0 bridgehead atoms. The number of aromatic amines is 1. The second-order valence-electron chi connectivity index (χ2n) is 5.64. The summed E-state index contributed by atoms with van der Waals surface area (Å²) in [6.07, 6.45) is 1.26. The first-order valence-electron chi connectivity index (χ1n) is 6.27. The number of ketones is 1. The maximum atomic E-state index is 12.1. The van der Waals surface area contributed by atoms with Crippen LogP contribution in [-0.2, 0) is 11.2 Å². The topological polar surface area (TPSA) is 59.2 Å². The fourth-order valence-corrected chi connectivity index (χ4v) is 2.67. The number of carbonyl (C=O) groups is 2. The highest BCUT2D eigenvalue weighted by atomic mass is 16.5. The van der Waals surface area contributed by atoms with Gasteiger partial charge in [0.05, 0.1) is 6.61 Å². The number of Topliss-reactive ketones (excluding diaryl/α,β-unsaturated/α-hetero) is 1. The Kier molecular flexibility index (Phi) is 3.05. The van der Waals surface area contributed by atoms with Gasteiger partial charge in [0.1, 0.15) is 5.69 Å². The van der Waals surface area contributed by atoms with Gasteiger partial charge in [0, 0.05) is 17.7 Å². The molecular weight excluding hydrogens is 230 g/mol. The van der Waals surface area contributed by atoms with Gasteiger partial charge in [0.2, 0.25) is 0 Å². The summed E-state index contributed by atoms with van der Waals surface area (Å²) in [5.74, 6) is -0.252. The smallest absolute Gasteiger partial charge is 0.355 e. The van der Waals surface area contributed by atoms with Crippen molar-refractivity contribution in [2.24, 2.45) is 5.41 Å². The Hall–Kier alpha value is -1.58. The molecule has 0 aliphatic heterocycles. The summed E-state index contributed by atoms with van der Waals surface area (Å²) in [4.78, 5) is 27.0. The van der Waals surface area contributed by atoms with E-state index in [1.807, 2.05) is 20.8 Å². The Balaban J connectivity index is 2.50. The summed E-state index contributed by atoms with van der Waals surface area (Å²) in [6.45, 7) is 8.03. The van der Waals surface area contributed by atoms with E-state index in [1.165, 1.54) is 0 Å². The number of ether oxygens (including phenoxy) is 1. The lowest BCUT2D eigenvalue weighted by Crippen LogP contribution is -2.27. The van der Waals surface area contributed by atoms with Crippen LogP contribution in [-0.4, -0.2) is 23.3 Å². The number of nitrogens with one attached hydrogen (secondary N) is 1. The number of H-pyrrole nitrogens is 1. The van der Waals surface area contributed by atoms with Gasteiger partial charge in [-0.2, -0.15) is 0 Å². The normalized spacial score (nSPS) is 17.4. The Morgan fingerprint density at radius 1 is 1.39 bits per heavy atom. The van der Waals surface area contributed by atoms with E-state index >= 15 is 0 Å². The average Bonchev–Trinajstić information content (AvgIpc) is 2.54. The summed E-state index contributed by atoms with van der Waals surface area (Å²) in [6, 6.07) is 0. The molecule has 18 heavy (non-hydrogen) atoms. The zero-order valence-corrected chi connectivity index (χ0v) is 11.3. The molecule has 1 aromatic rings. The number of hydrogen-bond acceptors (Lipinski definition) is 3. The molecule has 0 spiro atoms. The molecule has 0 aromatic carbocycles. The monoisotopic (exact) mass is 249 g/mol. The second kappa shape index (κ2) is 4.26. The van der Waals surface area contributed by atoms with Crippen LogP contribution in [0.15, 0.2) is 0 Å². The molecule has 0 saturated carbocycles. The van der Waals surface area contributed by atoms with Gasteiger partial charge in [-0.15, -0.1) is 0 Å². The average molecular weight is 249 g/mol. The van der Waals surface area contributed by atoms with Crippen LogP contribution >= 0.6 is 0 Å². The molecule has 1 heterocycles. The third-order valence-corrected chi connectivity index (χ3v) is 3.34. The van der Waals surface area contributed by atoms with Crippen LogP contribution in [0.25, 0.3) is 0 Å². The minimum atomic E-state index is -0.368. The van der Waals surface area contributed by atoms with Crippen molar-refractivity contribution in [2.45, 2.75) is 40.5 Å². The molecule has 0 atom stereocenters. The summed E-state index contributed by atoms with van der Waals surface area (Å²) in [5.41, 5.74) is 2.64. The van der Waals surface area contributed by atoms with Crippen molar-refractivity contribution < 1.29 is 14.3 Å². The SMILES string of the molecule is CCOC(=O)c1[nH]c(C)c2c1CC(C)(C)CC2=O. The van der Waals surface area contributed by atoms with E-state index in [1.54, 1.807) is 6.92 Å². The number of fused-ring (bicyclic) bond motifs is 1. The molecule has 1 aliphatic carbocycles. The number of rotatable bonds is 2.